The summed E-state index contributed by atoms with van der Waals surface area (Å²) in [6, 6.07) is -1.40. The van der Waals surface area contributed by atoms with Gasteiger partial charge in [-0.2, -0.15) is 0 Å². The summed E-state index contributed by atoms with van der Waals surface area (Å²) in [5, 5.41) is 8.45. The first kappa shape index (κ1) is 22.1. The number of hydrogen-bond acceptors (Lipinski definition) is 6. The molecule has 0 heterocycles. The summed E-state index contributed by atoms with van der Waals surface area (Å²) in [5.74, 6) is -0.278. The van der Waals surface area contributed by atoms with Gasteiger partial charge in [0.2, 0.25) is 0 Å². The predicted molar refractivity (Wildman–Crippen MR) is 73.8 cm³/mol. The predicted octanol–water partition coefficient (Wildman–Crippen LogP) is -0.354. The SMILES string of the molecule is Cl.Cl.N[C@@H](CSSC[C@H](N)C(=O)[Se])C(=O)O. The van der Waals surface area contributed by atoms with Gasteiger partial charge in [0, 0.05) is 0 Å². The van der Waals surface area contributed by atoms with Crippen molar-refractivity contribution >= 4 is 73.1 Å². The van der Waals surface area contributed by atoms with Crippen LogP contribution in [0.2, 0.25) is 0 Å². The van der Waals surface area contributed by atoms with Crippen molar-refractivity contribution in [2.24, 2.45) is 11.5 Å². The number of halogens is 2. The molecule has 0 aliphatic heterocycles. The van der Waals surface area contributed by atoms with Gasteiger partial charge in [0.05, 0.1) is 0 Å². The zero-order valence-corrected chi connectivity index (χ0v) is 13.0. The Morgan fingerprint density at radius 2 is 1.50 bits per heavy atom. The third-order valence-electron chi connectivity index (χ3n) is 1.20. The minimum absolute atomic E-state index is 0. The Hall–Kier alpha value is 0.859. The maximum atomic E-state index is 10.7. The molecule has 0 bridgehead atoms. The number of carboxylic acids is 1. The number of aliphatic carboxylic acids is 1. The summed E-state index contributed by atoms with van der Waals surface area (Å²) < 4.78 is -0.194. The van der Waals surface area contributed by atoms with E-state index >= 15 is 0 Å². The van der Waals surface area contributed by atoms with E-state index < -0.39 is 18.1 Å². The van der Waals surface area contributed by atoms with Crippen LogP contribution in [0.25, 0.3) is 0 Å². The topological polar surface area (TPSA) is 106 Å². The van der Waals surface area contributed by atoms with E-state index in [1.165, 1.54) is 21.6 Å². The van der Waals surface area contributed by atoms with Crippen LogP contribution in [0.5, 0.6) is 0 Å². The summed E-state index contributed by atoms with van der Waals surface area (Å²) in [7, 11) is 2.64. The summed E-state index contributed by atoms with van der Waals surface area (Å²) in [5.41, 5.74) is 10.7. The van der Waals surface area contributed by atoms with Crippen molar-refractivity contribution < 1.29 is 14.7 Å². The Balaban J connectivity index is -0.000000845. The van der Waals surface area contributed by atoms with E-state index in [9.17, 15) is 9.59 Å². The molecular formula is C6H13Cl2N2O3S2Se. The van der Waals surface area contributed by atoms with Gasteiger partial charge in [-0.25, -0.2) is 0 Å². The van der Waals surface area contributed by atoms with Crippen molar-refractivity contribution in [3.8, 4) is 0 Å². The minimum atomic E-state index is -1.03. The standard InChI is InChI=1S/C6H11N2O3S2Se.2ClH/c7-3(5(9)10)1-12-13-2-4(8)6(11)14;;/h3-4H,1-2,7-8H2,(H,9,10);2*1H/t3-,4-;;/m0../s1. The first-order valence-electron chi connectivity index (χ1n) is 3.64. The van der Waals surface area contributed by atoms with Crippen molar-refractivity contribution in [1.29, 1.82) is 0 Å². The molecular weight excluding hydrogens is 362 g/mol. The van der Waals surface area contributed by atoms with Crippen LogP contribution in [-0.4, -0.2) is 55.4 Å². The fourth-order valence-corrected chi connectivity index (χ4v) is 3.03. The number of carboxylic acid groups (broad SMARTS) is 1. The molecule has 0 aromatic carbocycles. The maximum absolute atomic E-state index is 10.7. The second kappa shape index (κ2) is 12.3. The number of nitrogens with two attached hydrogens (primary N) is 2. The first-order chi connectivity index (χ1) is 6.45. The van der Waals surface area contributed by atoms with E-state index in [4.69, 9.17) is 16.6 Å². The summed E-state index contributed by atoms with van der Waals surface area (Å²) in [4.78, 5) is 21.0. The fraction of sp³-hybridized carbons (Fsp3) is 0.667. The van der Waals surface area contributed by atoms with Crippen LogP contribution >= 0.6 is 46.4 Å². The molecule has 10 heteroatoms. The Bertz CT molecular complexity index is 204. The van der Waals surface area contributed by atoms with Gasteiger partial charge in [-0.15, -0.1) is 24.8 Å². The van der Waals surface area contributed by atoms with Crippen molar-refractivity contribution in [2.45, 2.75) is 12.1 Å². The van der Waals surface area contributed by atoms with Gasteiger partial charge < -0.3 is 0 Å². The van der Waals surface area contributed by atoms with Gasteiger partial charge >= 0.3 is 98.0 Å². The van der Waals surface area contributed by atoms with Crippen molar-refractivity contribution in [3.63, 3.8) is 0 Å². The molecule has 97 valence electrons. The second-order valence-electron chi connectivity index (χ2n) is 2.44. The van der Waals surface area contributed by atoms with Crippen LogP contribution in [-0.2, 0) is 9.59 Å². The first-order valence-corrected chi connectivity index (χ1v) is 6.99. The van der Waals surface area contributed by atoms with E-state index in [1.807, 2.05) is 0 Å². The molecule has 5 nitrogen and oxygen atoms in total. The number of carbonyl (C=O) groups excluding carboxylic acids is 1. The van der Waals surface area contributed by atoms with Crippen molar-refractivity contribution in [2.75, 3.05) is 11.5 Å². The molecule has 0 unspecified atom stereocenters. The normalized spacial score (nSPS) is 12.9. The zero-order chi connectivity index (χ0) is 11.1. The summed E-state index contributed by atoms with van der Waals surface area (Å²) >= 11 is 2.30. The molecule has 16 heavy (non-hydrogen) atoms. The van der Waals surface area contributed by atoms with Crippen LogP contribution in [0, 0.1) is 0 Å². The van der Waals surface area contributed by atoms with E-state index in [0.29, 0.717) is 11.5 Å². The molecule has 5 N–H and O–H groups in total. The van der Waals surface area contributed by atoms with Crippen molar-refractivity contribution in [3.05, 3.63) is 0 Å². The second-order valence-corrected chi connectivity index (χ2v) is 5.84. The van der Waals surface area contributed by atoms with E-state index in [1.54, 1.807) is 0 Å². The van der Waals surface area contributed by atoms with Gasteiger partial charge in [0.1, 0.15) is 0 Å². The third kappa shape index (κ3) is 11.3. The summed E-state index contributed by atoms with van der Waals surface area (Å²) in [6.45, 7) is 0. The molecule has 0 aromatic heterocycles. The Morgan fingerprint density at radius 1 is 1.12 bits per heavy atom. The molecule has 0 amide bonds. The van der Waals surface area contributed by atoms with E-state index in [0.717, 1.165) is 0 Å². The molecule has 0 spiro atoms. The van der Waals surface area contributed by atoms with Gasteiger partial charge in [0.25, 0.3) is 0 Å². The van der Waals surface area contributed by atoms with E-state index in [2.05, 4.69) is 16.0 Å². The molecule has 0 fully saturated rings. The van der Waals surface area contributed by atoms with Crippen LogP contribution < -0.4 is 11.5 Å². The quantitative estimate of drug-likeness (QED) is 0.317. The molecule has 0 saturated heterocycles. The number of carbonyl (C=O) groups is 2. The Kier molecular flexibility index (Phi) is 17.0. The Labute approximate surface area is 122 Å². The van der Waals surface area contributed by atoms with Gasteiger partial charge in [0.15, 0.2) is 0 Å². The van der Waals surface area contributed by atoms with Crippen LogP contribution in [0.4, 0.5) is 0 Å². The van der Waals surface area contributed by atoms with Crippen LogP contribution in [0.1, 0.15) is 0 Å². The Morgan fingerprint density at radius 3 is 1.81 bits per heavy atom. The average molecular weight is 375 g/mol. The molecule has 0 aliphatic rings. The number of rotatable bonds is 7. The zero-order valence-electron chi connectivity index (χ0n) is 8.03. The van der Waals surface area contributed by atoms with Gasteiger partial charge in [-0.3, -0.25) is 0 Å². The molecule has 0 aromatic rings. The molecule has 0 saturated carbocycles. The van der Waals surface area contributed by atoms with Gasteiger partial charge in [-0.1, -0.05) is 0 Å². The van der Waals surface area contributed by atoms with Crippen molar-refractivity contribution in [1.82, 2.24) is 0 Å². The summed E-state index contributed by atoms with van der Waals surface area (Å²) in [6.07, 6.45) is 0. The number of hydrogen-bond donors (Lipinski definition) is 3. The fourth-order valence-electron chi connectivity index (χ4n) is 0.382. The molecule has 0 rings (SSSR count). The van der Waals surface area contributed by atoms with Crippen LogP contribution in [0.3, 0.4) is 0 Å². The van der Waals surface area contributed by atoms with Crippen LogP contribution in [0.15, 0.2) is 0 Å². The third-order valence-corrected chi connectivity index (χ3v) is 4.31. The van der Waals surface area contributed by atoms with E-state index in [-0.39, 0.29) is 29.5 Å². The average Bonchev–Trinajstić information content (AvgIpc) is 2.11. The molecule has 2 atom stereocenters. The molecule has 1 radical (unpaired) electrons. The molecule has 0 aliphatic carbocycles. The van der Waals surface area contributed by atoms with Gasteiger partial charge in [-0.05, 0) is 0 Å². The monoisotopic (exact) mass is 375 g/mol.